The van der Waals surface area contributed by atoms with Crippen molar-refractivity contribution in [2.75, 3.05) is 20.8 Å². The largest absolute Gasteiger partial charge is 0.495 e. The van der Waals surface area contributed by atoms with Gasteiger partial charge in [0.25, 0.3) is 0 Å². The molecule has 1 atom stereocenters. The lowest BCUT2D eigenvalue weighted by Gasteiger charge is -2.23. The molecule has 3 heterocycles. The van der Waals surface area contributed by atoms with Crippen LogP contribution in [0.5, 0.6) is 11.5 Å². The van der Waals surface area contributed by atoms with Gasteiger partial charge in [0.05, 0.1) is 35.2 Å². The Bertz CT molecular complexity index is 1010. The molecule has 1 unspecified atom stereocenters. The number of nitrogens with zero attached hydrogens (tertiary/aromatic N) is 4. The first-order chi connectivity index (χ1) is 13.5. The van der Waals surface area contributed by atoms with Crippen molar-refractivity contribution in [3.8, 4) is 22.9 Å². The average Bonchev–Trinajstić information content (AvgIpc) is 3.05. The third-order valence-electron chi connectivity index (χ3n) is 4.63. The second kappa shape index (κ2) is 8.17. The lowest BCUT2D eigenvalue weighted by Crippen LogP contribution is -2.19. The molecule has 1 aliphatic rings. The molecule has 4 rings (SSSR count). The van der Waals surface area contributed by atoms with Crippen molar-refractivity contribution in [3.63, 3.8) is 0 Å². The highest BCUT2D eigenvalue weighted by molar-refractivity contribution is 14.1. The minimum absolute atomic E-state index is 0.145. The van der Waals surface area contributed by atoms with Crippen LogP contribution in [0.25, 0.3) is 22.4 Å². The van der Waals surface area contributed by atoms with Gasteiger partial charge in [-0.15, -0.1) is 0 Å². The number of methoxy groups -OCH3 is 2. The molecule has 1 fully saturated rings. The fraction of sp³-hybridized carbons (Fsp3) is 0.389. The van der Waals surface area contributed by atoms with Crippen LogP contribution in [0.3, 0.4) is 0 Å². The first kappa shape index (κ1) is 19.9. The Morgan fingerprint density at radius 3 is 2.50 bits per heavy atom. The number of aromatic nitrogens is 4. The molecule has 1 saturated heterocycles. The zero-order valence-electron chi connectivity index (χ0n) is 15.2. The third kappa shape index (κ3) is 3.40. The summed E-state index contributed by atoms with van der Waals surface area (Å²) < 4.78 is 19.2. The summed E-state index contributed by atoms with van der Waals surface area (Å²) in [6.07, 6.45) is 4.62. The van der Waals surface area contributed by atoms with Gasteiger partial charge in [0.2, 0.25) is 0 Å². The molecule has 148 valence electrons. The van der Waals surface area contributed by atoms with E-state index >= 15 is 0 Å². The third-order valence-corrected chi connectivity index (χ3v) is 6.18. The van der Waals surface area contributed by atoms with Crippen LogP contribution in [0.4, 0.5) is 0 Å². The smallest absolute Gasteiger partial charge is 0.165 e. The zero-order valence-corrected chi connectivity index (χ0v) is 18.9. The molecule has 0 radical (unpaired) electrons. The summed E-state index contributed by atoms with van der Waals surface area (Å²) in [6, 6.07) is 1.63. The predicted octanol–water partition coefficient (Wildman–Crippen LogP) is 5.12. The molecule has 1 aromatic carbocycles. The zero-order chi connectivity index (χ0) is 19.8. The lowest BCUT2D eigenvalue weighted by molar-refractivity contribution is -0.0372. The molecule has 1 aliphatic heterocycles. The summed E-state index contributed by atoms with van der Waals surface area (Å²) in [4.78, 5) is 9.22. The molecular formula is C18H17Cl2IN4O3. The molecule has 0 amide bonds. The van der Waals surface area contributed by atoms with Gasteiger partial charge in [-0.05, 0) is 41.9 Å². The number of ether oxygens (including phenoxy) is 3. The Morgan fingerprint density at radius 1 is 1.18 bits per heavy atom. The van der Waals surface area contributed by atoms with E-state index in [9.17, 15) is 0 Å². The van der Waals surface area contributed by atoms with Crippen LogP contribution in [0, 0.1) is 3.70 Å². The van der Waals surface area contributed by atoms with Gasteiger partial charge < -0.3 is 14.2 Å². The van der Waals surface area contributed by atoms with Gasteiger partial charge in [0.15, 0.2) is 17.7 Å². The van der Waals surface area contributed by atoms with Gasteiger partial charge in [-0.1, -0.05) is 23.2 Å². The maximum Gasteiger partial charge on any atom is 0.165 e. The van der Waals surface area contributed by atoms with Crippen LogP contribution in [0.2, 0.25) is 10.0 Å². The quantitative estimate of drug-likeness (QED) is 0.433. The summed E-state index contributed by atoms with van der Waals surface area (Å²) in [5.74, 6) is 1.23. The molecule has 10 heteroatoms. The fourth-order valence-electron chi connectivity index (χ4n) is 3.21. The second-order valence-electron chi connectivity index (χ2n) is 6.27. The van der Waals surface area contributed by atoms with Crippen LogP contribution in [0.15, 0.2) is 12.3 Å². The average molecular weight is 535 g/mol. The van der Waals surface area contributed by atoms with E-state index in [1.54, 1.807) is 12.3 Å². The highest BCUT2D eigenvalue weighted by atomic mass is 127. The standard InChI is InChI=1S/C18H17Cl2IN4O3/c1-26-10-7-11(27-2)15(20)13(14(10)19)17-22-8-9-16(21)24-25(18(9)23-17)12-5-3-4-6-28-12/h7-8,12H,3-6H2,1-2H3. The topological polar surface area (TPSA) is 71.3 Å². The highest BCUT2D eigenvalue weighted by Gasteiger charge is 2.25. The van der Waals surface area contributed by atoms with E-state index in [1.165, 1.54) is 14.2 Å². The minimum atomic E-state index is -0.145. The van der Waals surface area contributed by atoms with Gasteiger partial charge >= 0.3 is 0 Å². The number of fused-ring (bicyclic) bond motifs is 1. The molecule has 0 N–H and O–H groups in total. The Hall–Kier alpha value is -1.36. The molecule has 28 heavy (non-hydrogen) atoms. The van der Waals surface area contributed by atoms with Gasteiger partial charge in [0.1, 0.15) is 15.2 Å². The number of hydrogen-bond donors (Lipinski definition) is 0. The van der Waals surface area contributed by atoms with Crippen molar-refractivity contribution in [1.82, 2.24) is 19.7 Å². The Morgan fingerprint density at radius 2 is 1.89 bits per heavy atom. The van der Waals surface area contributed by atoms with E-state index in [0.717, 1.165) is 28.3 Å². The summed E-state index contributed by atoms with van der Waals surface area (Å²) in [5, 5.41) is 6.11. The van der Waals surface area contributed by atoms with Crippen LogP contribution in [-0.2, 0) is 4.74 Å². The number of benzene rings is 1. The van der Waals surface area contributed by atoms with E-state index < -0.39 is 0 Å². The summed E-state index contributed by atoms with van der Waals surface area (Å²) >= 11 is 15.2. The van der Waals surface area contributed by atoms with Crippen LogP contribution in [0.1, 0.15) is 25.5 Å². The Kier molecular flexibility index (Phi) is 5.82. The van der Waals surface area contributed by atoms with Gasteiger partial charge in [-0.25, -0.2) is 14.6 Å². The van der Waals surface area contributed by atoms with Crippen LogP contribution >= 0.6 is 45.8 Å². The van der Waals surface area contributed by atoms with Gasteiger partial charge in [-0.2, -0.15) is 5.10 Å². The summed E-state index contributed by atoms with van der Waals surface area (Å²) in [7, 11) is 3.06. The minimum Gasteiger partial charge on any atom is -0.495 e. The van der Waals surface area contributed by atoms with E-state index in [1.807, 2.05) is 4.68 Å². The Labute approximate surface area is 185 Å². The molecule has 2 aromatic heterocycles. The molecule has 0 saturated carbocycles. The van der Waals surface area contributed by atoms with E-state index in [-0.39, 0.29) is 6.23 Å². The van der Waals surface area contributed by atoms with Gasteiger partial charge in [0, 0.05) is 18.9 Å². The summed E-state index contributed by atoms with van der Waals surface area (Å²) in [5.41, 5.74) is 1.13. The van der Waals surface area contributed by atoms with E-state index in [0.29, 0.717) is 45.2 Å². The first-order valence-electron chi connectivity index (χ1n) is 8.67. The SMILES string of the molecule is COc1cc(OC)c(Cl)c(-c2ncc3c(I)nn(C4CCCCO4)c3n2)c1Cl. The van der Waals surface area contributed by atoms with Gasteiger partial charge in [-0.3, -0.25) is 0 Å². The highest BCUT2D eigenvalue weighted by Crippen LogP contribution is 2.45. The van der Waals surface area contributed by atoms with Crippen molar-refractivity contribution in [1.29, 1.82) is 0 Å². The molecule has 0 aliphatic carbocycles. The molecule has 0 bridgehead atoms. The van der Waals surface area contributed by atoms with Crippen molar-refractivity contribution >= 4 is 56.8 Å². The number of hydrogen-bond acceptors (Lipinski definition) is 6. The maximum absolute atomic E-state index is 6.53. The van der Waals surface area contributed by atoms with Crippen LogP contribution in [-0.4, -0.2) is 40.6 Å². The van der Waals surface area contributed by atoms with Crippen molar-refractivity contribution in [2.45, 2.75) is 25.5 Å². The second-order valence-corrected chi connectivity index (χ2v) is 8.05. The lowest BCUT2D eigenvalue weighted by atomic mass is 10.1. The Balaban J connectivity index is 1.91. The number of rotatable bonds is 4. The monoisotopic (exact) mass is 534 g/mol. The molecular weight excluding hydrogens is 518 g/mol. The maximum atomic E-state index is 6.53. The predicted molar refractivity (Wildman–Crippen MR) is 115 cm³/mol. The van der Waals surface area contributed by atoms with Crippen LogP contribution < -0.4 is 9.47 Å². The molecule has 0 spiro atoms. The number of halogens is 3. The van der Waals surface area contributed by atoms with E-state index in [4.69, 9.17) is 42.4 Å². The normalized spacial score (nSPS) is 17.1. The van der Waals surface area contributed by atoms with Crippen molar-refractivity contribution in [2.24, 2.45) is 0 Å². The first-order valence-corrected chi connectivity index (χ1v) is 10.5. The summed E-state index contributed by atoms with van der Waals surface area (Å²) in [6.45, 7) is 0.714. The molecule has 3 aromatic rings. The fourth-order valence-corrected chi connectivity index (χ4v) is 4.49. The van der Waals surface area contributed by atoms with Crippen molar-refractivity contribution < 1.29 is 14.2 Å². The molecule has 7 nitrogen and oxygen atoms in total. The van der Waals surface area contributed by atoms with Crippen molar-refractivity contribution in [3.05, 3.63) is 26.0 Å². The van der Waals surface area contributed by atoms with E-state index in [2.05, 4.69) is 32.7 Å².